The number of nitrogens with one attached hydrogen (secondary N) is 2. The van der Waals surface area contributed by atoms with E-state index in [1.165, 1.54) is 25.5 Å². The van der Waals surface area contributed by atoms with Crippen LogP contribution in [0.15, 0.2) is 42.9 Å². The van der Waals surface area contributed by atoms with E-state index < -0.39 is 18.5 Å². The minimum absolute atomic E-state index is 0.0213. The molecule has 0 saturated carbocycles. The Morgan fingerprint density at radius 2 is 1.87 bits per heavy atom. The van der Waals surface area contributed by atoms with Crippen LogP contribution in [0.1, 0.15) is 17.4 Å². The van der Waals surface area contributed by atoms with Crippen LogP contribution in [-0.4, -0.2) is 34.4 Å². The average Bonchev–Trinajstić information content (AvgIpc) is 2.53. The summed E-state index contributed by atoms with van der Waals surface area (Å²) in [7, 11) is 0. The summed E-state index contributed by atoms with van der Waals surface area (Å²) in [6.45, 7) is 0.928. The number of aromatic nitrogens is 2. The molecule has 1 aromatic carbocycles. The maximum atomic E-state index is 11.8. The van der Waals surface area contributed by atoms with Crippen molar-refractivity contribution in [3.63, 3.8) is 0 Å². The second-order valence-electron chi connectivity index (χ2n) is 4.48. The number of esters is 1. The van der Waals surface area contributed by atoms with Crippen LogP contribution in [0.2, 0.25) is 0 Å². The number of carbonyl (C=O) groups is 3. The molecule has 0 aliphatic heterocycles. The van der Waals surface area contributed by atoms with Gasteiger partial charge in [-0.1, -0.05) is 6.07 Å². The van der Waals surface area contributed by atoms with Gasteiger partial charge in [0.15, 0.2) is 12.3 Å². The Bertz CT molecular complexity index is 718. The summed E-state index contributed by atoms with van der Waals surface area (Å²) in [5.74, 6) is -1.46. The van der Waals surface area contributed by atoms with E-state index in [9.17, 15) is 14.4 Å². The number of anilines is 2. The number of amides is 2. The molecule has 2 aromatic rings. The zero-order valence-electron chi connectivity index (χ0n) is 12.3. The summed E-state index contributed by atoms with van der Waals surface area (Å²) in [6.07, 6.45) is 4.02. The zero-order valence-corrected chi connectivity index (χ0v) is 12.3. The van der Waals surface area contributed by atoms with Gasteiger partial charge in [-0.3, -0.25) is 14.6 Å². The highest BCUT2D eigenvalue weighted by atomic mass is 16.5. The molecular weight excluding hydrogens is 300 g/mol. The van der Waals surface area contributed by atoms with Crippen LogP contribution < -0.4 is 10.6 Å². The van der Waals surface area contributed by atoms with Crippen molar-refractivity contribution in [2.45, 2.75) is 6.92 Å². The van der Waals surface area contributed by atoms with Crippen LogP contribution in [0.25, 0.3) is 0 Å². The molecule has 0 radical (unpaired) electrons. The van der Waals surface area contributed by atoms with Gasteiger partial charge in [0.05, 0.1) is 6.20 Å². The molecule has 2 rings (SSSR count). The first-order valence-corrected chi connectivity index (χ1v) is 6.65. The van der Waals surface area contributed by atoms with Gasteiger partial charge in [0.2, 0.25) is 5.91 Å². The van der Waals surface area contributed by atoms with E-state index in [4.69, 9.17) is 4.74 Å². The predicted molar refractivity (Wildman–Crippen MR) is 81.7 cm³/mol. The molecule has 0 spiro atoms. The molecule has 118 valence electrons. The van der Waals surface area contributed by atoms with Gasteiger partial charge in [0.25, 0.3) is 5.91 Å². The Morgan fingerprint density at radius 3 is 2.52 bits per heavy atom. The SMILES string of the molecule is CC(=O)Nc1cccc(NC(=O)COC(=O)c2cnccn2)c1. The van der Waals surface area contributed by atoms with Crippen molar-refractivity contribution in [3.8, 4) is 0 Å². The molecule has 1 aromatic heterocycles. The Labute approximate surface area is 131 Å². The van der Waals surface area contributed by atoms with Crippen LogP contribution >= 0.6 is 0 Å². The monoisotopic (exact) mass is 314 g/mol. The summed E-state index contributed by atoms with van der Waals surface area (Å²) in [6, 6.07) is 6.59. The number of carbonyl (C=O) groups excluding carboxylic acids is 3. The van der Waals surface area contributed by atoms with Crippen molar-refractivity contribution in [1.29, 1.82) is 0 Å². The van der Waals surface area contributed by atoms with Gasteiger partial charge in [-0.15, -0.1) is 0 Å². The van der Waals surface area contributed by atoms with Crippen LogP contribution in [0.5, 0.6) is 0 Å². The van der Waals surface area contributed by atoms with Crippen LogP contribution in [-0.2, 0) is 14.3 Å². The lowest BCUT2D eigenvalue weighted by Crippen LogP contribution is -2.21. The van der Waals surface area contributed by atoms with Crippen molar-refractivity contribution in [2.24, 2.45) is 0 Å². The Balaban J connectivity index is 1.87. The van der Waals surface area contributed by atoms with Gasteiger partial charge in [-0.2, -0.15) is 0 Å². The topological polar surface area (TPSA) is 110 Å². The van der Waals surface area contributed by atoms with E-state index in [1.807, 2.05) is 0 Å². The van der Waals surface area contributed by atoms with Crippen molar-refractivity contribution in [1.82, 2.24) is 9.97 Å². The highest BCUT2D eigenvalue weighted by Crippen LogP contribution is 2.14. The molecule has 0 bridgehead atoms. The maximum absolute atomic E-state index is 11.8. The lowest BCUT2D eigenvalue weighted by molar-refractivity contribution is -0.119. The lowest BCUT2D eigenvalue weighted by Gasteiger charge is -2.08. The summed E-state index contributed by atoms with van der Waals surface area (Å²) >= 11 is 0. The first-order valence-electron chi connectivity index (χ1n) is 6.65. The minimum Gasteiger partial charge on any atom is -0.451 e. The first kappa shape index (κ1) is 16.1. The molecule has 23 heavy (non-hydrogen) atoms. The molecular formula is C15H14N4O4. The Kier molecular flexibility index (Phi) is 5.35. The number of hydrogen-bond donors (Lipinski definition) is 2. The highest BCUT2D eigenvalue weighted by Gasteiger charge is 2.11. The van der Waals surface area contributed by atoms with E-state index in [2.05, 4.69) is 20.6 Å². The smallest absolute Gasteiger partial charge is 0.359 e. The number of benzene rings is 1. The van der Waals surface area contributed by atoms with Crippen LogP contribution in [0, 0.1) is 0 Å². The van der Waals surface area contributed by atoms with Crippen molar-refractivity contribution in [3.05, 3.63) is 48.5 Å². The number of ether oxygens (including phenoxy) is 1. The number of hydrogen-bond acceptors (Lipinski definition) is 6. The van der Waals surface area contributed by atoms with Crippen LogP contribution in [0.4, 0.5) is 11.4 Å². The van der Waals surface area contributed by atoms with E-state index >= 15 is 0 Å². The number of nitrogens with zero attached hydrogens (tertiary/aromatic N) is 2. The fourth-order valence-electron chi connectivity index (χ4n) is 1.68. The van der Waals surface area contributed by atoms with E-state index in [1.54, 1.807) is 24.3 Å². The molecule has 1 heterocycles. The summed E-state index contributed by atoms with van der Waals surface area (Å²) in [5, 5.41) is 5.16. The van der Waals surface area contributed by atoms with Gasteiger partial charge in [0.1, 0.15) is 0 Å². The molecule has 2 amide bonds. The normalized spacial score (nSPS) is 9.78. The van der Waals surface area contributed by atoms with Gasteiger partial charge in [-0.05, 0) is 18.2 Å². The average molecular weight is 314 g/mol. The van der Waals surface area contributed by atoms with Crippen LogP contribution in [0.3, 0.4) is 0 Å². The molecule has 8 heteroatoms. The lowest BCUT2D eigenvalue weighted by atomic mass is 10.2. The largest absolute Gasteiger partial charge is 0.451 e. The summed E-state index contributed by atoms with van der Waals surface area (Å²) in [5.41, 5.74) is 1.04. The van der Waals surface area contributed by atoms with E-state index in [-0.39, 0.29) is 11.6 Å². The molecule has 2 N–H and O–H groups in total. The van der Waals surface area contributed by atoms with Gasteiger partial charge in [0, 0.05) is 30.7 Å². The molecule has 0 fully saturated rings. The summed E-state index contributed by atoms with van der Waals surface area (Å²) in [4.78, 5) is 41.9. The first-order chi connectivity index (χ1) is 11.0. The van der Waals surface area contributed by atoms with Gasteiger partial charge in [-0.25, -0.2) is 9.78 Å². The van der Waals surface area contributed by atoms with E-state index in [0.29, 0.717) is 11.4 Å². The van der Waals surface area contributed by atoms with Crippen molar-refractivity contribution >= 4 is 29.2 Å². The molecule has 0 unspecified atom stereocenters. The standard InChI is InChI=1S/C15H14N4O4/c1-10(20)18-11-3-2-4-12(7-11)19-14(21)9-23-15(22)13-8-16-5-6-17-13/h2-8H,9H2,1H3,(H,18,20)(H,19,21). The predicted octanol–water partition coefficient (Wildman–Crippen LogP) is 1.23. The summed E-state index contributed by atoms with van der Waals surface area (Å²) < 4.78 is 4.83. The minimum atomic E-state index is -0.736. The third-order valence-corrected chi connectivity index (χ3v) is 2.57. The number of rotatable bonds is 5. The Morgan fingerprint density at radius 1 is 1.13 bits per heavy atom. The molecule has 0 atom stereocenters. The molecule has 0 saturated heterocycles. The Hall–Kier alpha value is -3.29. The highest BCUT2D eigenvalue weighted by molar-refractivity contribution is 5.95. The van der Waals surface area contributed by atoms with Crippen molar-refractivity contribution in [2.75, 3.05) is 17.2 Å². The van der Waals surface area contributed by atoms with Crippen molar-refractivity contribution < 1.29 is 19.1 Å². The third kappa shape index (κ3) is 5.20. The zero-order chi connectivity index (χ0) is 16.7. The van der Waals surface area contributed by atoms with Gasteiger partial charge >= 0.3 is 5.97 Å². The van der Waals surface area contributed by atoms with E-state index in [0.717, 1.165) is 0 Å². The molecule has 0 aliphatic rings. The quantitative estimate of drug-likeness (QED) is 0.803. The molecule has 0 aliphatic carbocycles. The van der Waals surface area contributed by atoms with Gasteiger partial charge < -0.3 is 15.4 Å². The third-order valence-electron chi connectivity index (χ3n) is 2.57. The fraction of sp³-hybridized carbons (Fsp3) is 0.133. The molecule has 8 nitrogen and oxygen atoms in total. The maximum Gasteiger partial charge on any atom is 0.359 e. The second kappa shape index (κ2) is 7.64. The fourth-order valence-corrected chi connectivity index (χ4v) is 1.68. The second-order valence-corrected chi connectivity index (χ2v) is 4.48.